The molecule has 92 valence electrons. The number of hydrogen-bond donors (Lipinski definition) is 0. The van der Waals surface area contributed by atoms with Crippen molar-refractivity contribution in [3.63, 3.8) is 0 Å². The molecule has 1 aliphatic rings. The first-order valence-electron chi connectivity index (χ1n) is 5.92. The molecule has 2 nitrogen and oxygen atoms in total. The van der Waals surface area contributed by atoms with Crippen molar-refractivity contribution in [1.82, 2.24) is 0 Å². The van der Waals surface area contributed by atoms with Crippen molar-refractivity contribution in [2.75, 3.05) is 18.0 Å². The third-order valence-corrected chi connectivity index (χ3v) is 3.04. The van der Waals surface area contributed by atoms with E-state index in [9.17, 15) is 0 Å². The van der Waals surface area contributed by atoms with E-state index in [0.29, 0.717) is 0 Å². The van der Waals surface area contributed by atoms with Gasteiger partial charge < -0.3 is 17.0 Å². The SMILES string of the molecule is C1=[N+](c2ccccc2)CCN1c1ccccc1.[Br-]. The van der Waals surface area contributed by atoms with Gasteiger partial charge in [-0.25, -0.2) is 9.48 Å². The Bertz CT molecular complexity index is 523. The van der Waals surface area contributed by atoms with Gasteiger partial charge >= 0.3 is 0 Å². The van der Waals surface area contributed by atoms with Gasteiger partial charge in [0.25, 0.3) is 0 Å². The first-order chi connectivity index (χ1) is 8.43. The minimum atomic E-state index is 0. The smallest absolute Gasteiger partial charge is 0.244 e. The van der Waals surface area contributed by atoms with Crippen LogP contribution in [-0.4, -0.2) is 24.0 Å². The molecule has 0 fully saturated rings. The molecule has 0 radical (unpaired) electrons. The third-order valence-electron chi connectivity index (χ3n) is 3.04. The molecule has 0 unspecified atom stereocenters. The molecule has 1 heterocycles. The molecule has 0 saturated carbocycles. The summed E-state index contributed by atoms with van der Waals surface area (Å²) >= 11 is 0. The van der Waals surface area contributed by atoms with Crippen molar-refractivity contribution in [3.8, 4) is 0 Å². The summed E-state index contributed by atoms with van der Waals surface area (Å²) < 4.78 is 2.28. The lowest BCUT2D eigenvalue weighted by Crippen LogP contribution is -3.00. The van der Waals surface area contributed by atoms with Crippen LogP contribution in [0.4, 0.5) is 11.4 Å². The van der Waals surface area contributed by atoms with E-state index in [-0.39, 0.29) is 17.0 Å². The van der Waals surface area contributed by atoms with Crippen molar-refractivity contribution in [1.29, 1.82) is 0 Å². The summed E-state index contributed by atoms with van der Waals surface area (Å²) in [6.45, 7) is 2.08. The van der Waals surface area contributed by atoms with Crippen LogP contribution >= 0.6 is 0 Å². The highest BCUT2D eigenvalue weighted by Crippen LogP contribution is 2.17. The number of halogens is 1. The van der Waals surface area contributed by atoms with Crippen molar-refractivity contribution in [3.05, 3.63) is 60.7 Å². The molecule has 0 aromatic heterocycles. The van der Waals surface area contributed by atoms with Crippen LogP contribution in [0.15, 0.2) is 60.7 Å². The quantitative estimate of drug-likeness (QED) is 0.701. The first kappa shape index (κ1) is 12.8. The molecule has 0 atom stereocenters. The van der Waals surface area contributed by atoms with Gasteiger partial charge in [-0.2, -0.15) is 0 Å². The Balaban J connectivity index is 0.00000120. The maximum Gasteiger partial charge on any atom is 0.244 e. The molecular formula is C15H15BrN2. The molecule has 0 bridgehead atoms. The van der Waals surface area contributed by atoms with Crippen LogP contribution in [0.1, 0.15) is 0 Å². The number of para-hydroxylation sites is 2. The Morgan fingerprint density at radius 2 is 1.44 bits per heavy atom. The Kier molecular flexibility index (Phi) is 4.15. The molecule has 0 amide bonds. The van der Waals surface area contributed by atoms with Gasteiger partial charge in [0.2, 0.25) is 6.34 Å². The second-order valence-electron chi connectivity index (χ2n) is 4.17. The van der Waals surface area contributed by atoms with Crippen molar-refractivity contribution >= 4 is 17.7 Å². The van der Waals surface area contributed by atoms with Crippen LogP contribution in [0.25, 0.3) is 0 Å². The van der Waals surface area contributed by atoms with Gasteiger partial charge in [-0.1, -0.05) is 36.4 Å². The topological polar surface area (TPSA) is 6.25 Å². The second-order valence-corrected chi connectivity index (χ2v) is 4.17. The average molecular weight is 303 g/mol. The summed E-state index contributed by atoms with van der Waals surface area (Å²) in [6.07, 6.45) is 2.19. The molecule has 18 heavy (non-hydrogen) atoms. The van der Waals surface area contributed by atoms with Crippen molar-refractivity contribution in [2.45, 2.75) is 0 Å². The van der Waals surface area contributed by atoms with E-state index in [0.717, 1.165) is 13.1 Å². The molecule has 2 aromatic rings. The lowest BCUT2D eigenvalue weighted by Gasteiger charge is -2.04. The monoisotopic (exact) mass is 302 g/mol. The standard InChI is InChI=1S/C15H15N2.BrH/c1-3-7-14(8-4-1)16-11-12-17(13-16)15-9-5-2-6-10-15;/h1-10,13H,11-12H2;1H/q+1;/p-1. The van der Waals surface area contributed by atoms with Crippen molar-refractivity contribution in [2.24, 2.45) is 0 Å². The van der Waals surface area contributed by atoms with E-state index in [1.807, 2.05) is 0 Å². The zero-order valence-electron chi connectivity index (χ0n) is 10.0. The van der Waals surface area contributed by atoms with Crippen LogP contribution in [-0.2, 0) is 0 Å². The highest BCUT2D eigenvalue weighted by atomic mass is 79.9. The summed E-state index contributed by atoms with van der Waals surface area (Å²) in [5, 5.41) is 0. The Morgan fingerprint density at radius 1 is 0.833 bits per heavy atom. The van der Waals surface area contributed by atoms with Gasteiger partial charge in [0.05, 0.1) is 0 Å². The maximum absolute atomic E-state index is 2.28. The fourth-order valence-corrected chi connectivity index (χ4v) is 2.13. The highest BCUT2D eigenvalue weighted by Gasteiger charge is 2.21. The van der Waals surface area contributed by atoms with E-state index in [2.05, 4.69) is 76.5 Å². The predicted octanol–water partition coefficient (Wildman–Crippen LogP) is -0.117. The fraction of sp³-hybridized carbons (Fsp3) is 0.133. The van der Waals surface area contributed by atoms with E-state index < -0.39 is 0 Å². The van der Waals surface area contributed by atoms with Gasteiger partial charge in [-0.15, -0.1) is 0 Å². The summed E-state index contributed by atoms with van der Waals surface area (Å²) in [5.41, 5.74) is 2.51. The average Bonchev–Trinajstić information content (AvgIpc) is 2.90. The number of anilines is 1. The second kappa shape index (κ2) is 5.83. The van der Waals surface area contributed by atoms with Gasteiger partial charge in [-0.05, 0) is 24.3 Å². The molecule has 1 aliphatic heterocycles. The summed E-state index contributed by atoms with van der Waals surface area (Å²) in [5.74, 6) is 0. The van der Waals surface area contributed by atoms with Gasteiger partial charge in [0.15, 0.2) is 0 Å². The van der Waals surface area contributed by atoms with Crippen LogP contribution in [0, 0.1) is 0 Å². The Labute approximate surface area is 118 Å². The Morgan fingerprint density at radius 3 is 2.11 bits per heavy atom. The summed E-state index contributed by atoms with van der Waals surface area (Å²) in [4.78, 5) is 2.28. The van der Waals surface area contributed by atoms with E-state index >= 15 is 0 Å². The molecule has 3 heteroatoms. The Hall–Kier alpha value is -1.61. The number of benzene rings is 2. The summed E-state index contributed by atoms with van der Waals surface area (Å²) in [6, 6.07) is 21.0. The normalized spacial score (nSPS) is 14.0. The van der Waals surface area contributed by atoms with E-state index in [1.54, 1.807) is 0 Å². The molecule has 0 saturated heterocycles. The van der Waals surface area contributed by atoms with Crippen LogP contribution in [0.3, 0.4) is 0 Å². The molecule has 3 rings (SSSR count). The van der Waals surface area contributed by atoms with Gasteiger partial charge in [0, 0.05) is 0 Å². The van der Waals surface area contributed by atoms with Crippen LogP contribution in [0.2, 0.25) is 0 Å². The van der Waals surface area contributed by atoms with Gasteiger partial charge in [0.1, 0.15) is 24.5 Å². The zero-order chi connectivity index (χ0) is 11.5. The van der Waals surface area contributed by atoms with Gasteiger partial charge in [-0.3, -0.25) is 0 Å². The zero-order valence-corrected chi connectivity index (χ0v) is 11.6. The van der Waals surface area contributed by atoms with Crippen LogP contribution in [0.5, 0.6) is 0 Å². The maximum atomic E-state index is 2.28. The number of hydrogen-bond acceptors (Lipinski definition) is 1. The van der Waals surface area contributed by atoms with Crippen molar-refractivity contribution < 1.29 is 21.6 Å². The number of rotatable bonds is 2. The predicted molar refractivity (Wildman–Crippen MR) is 71.1 cm³/mol. The molecule has 0 N–H and O–H groups in total. The highest BCUT2D eigenvalue weighted by molar-refractivity contribution is 5.77. The van der Waals surface area contributed by atoms with Crippen LogP contribution < -0.4 is 21.9 Å². The van der Waals surface area contributed by atoms with E-state index in [4.69, 9.17) is 0 Å². The fourth-order valence-electron chi connectivity index (χ4n) is 2.13. The molecular weight excluding hydrogens is 288 g/mol. The molecule has 0 aliphatic carbocycles. The third kappa shape index (κ3) is 2.62. The lowest BCUT2D eigenvalue weighted by atomic mass is 10.3. The van der Waals surface area contributed by atoms with E-state index in [1.165, 1.54) is 11.4 Å². The minimum Gasteiger partial charge on any atom is -1.00 e. The largest absolute Gasteiger partial charge is 1.00 e. The lowest BCUT2D eigenvalue weighted by molar-refractivity contribution is -0.424. The number of nitrogens with zero attached hydrogens (tertiary/aromatic N) is 2. The molecule has 2 aromatic carbocycles. The minimum absolute atomic E-state index is 0. The molecule has 0 spiro atoms. The first-order valence-corrected chi connectivity index (χ1v) is 5.92. The summed E-state index contributed by atoms with van der Waals surface area (Å²) in [7, 11) is 0.